The zero-order valence-corrected chi connectivity index (χ0v) is 7.52. The highest BCUT2D eigenvalue weighted by Crippen LogP contribution is 2.05. The molecule has 1 aliphatic rings. The van der Waals surface area contributed by atoms with Crippen LogP contribution in [0, 0.1) is 17.2 Å². The molecular formula is C8H17N3. The molecule has 1 aliphatic heterocycles. The van der Waals surface area contributed by atoms with Crippen molar-refractivity contribution in [1.82, 2.24) is 10.6 Å². The van der Waals surface area contributed by atoms with Gasteiger partial charge in [-0.05, 0) is 7.05 Å². The Bertz CT molecular complexity index is 128. The van der Waals surface area contributed by atoms with Crippen molar-refractivity contribution in [3.63, 3.8) is 0 Å². The van der Waals surface area contributed by atoms with E-state index in [4.69, 9.17) is 5.26 Å². The van der Waals surface area contributed by atoms with Crippen molar-refractivity contribution < 1.29 is 0 Å². The molecule has 1 fully saturated rings. The van der Waals surface area contributed by atoms with Crippen LogP contribution < -0.4 is 10.6 Å². The van der Waals surface area contributed by atoms with Gasteiger partial charge >= 0.3 is 0 Å². The number of hydrogen-bond acceptors (Lipinski definition) is 3. The standard InChI is InChI=1S/C6H11N3.C2H6/c1-8-6-4-9-3-5(6)2-7;1-2/h5-6,8-9H,3-4H2,1H3;1-2H3. The highest BCUT2D eigenvalue weighted by molar-refractivity contribution is 4.98. The summed E-state index contributed by atoms with van der Waals surface area (Å²) in [6.07, 6.45) is 0. The molecule has 1 rings (SSSR count). The van der Waals surface area contributed by atoms with E-state index < -0.39 is 0 Å². The second-order valence-electron chi connectivity index (χ2n) is 2.29. The third-order valence-corrected chi connectivity index (χ3v) is 1.75. The minimum Gasteiger partial charge on any atom is -0.314 e. The van der Waals surface area contributed by atoms with Crippen molar-refractivity contribution in [1.29, 1.82) is 5.26 Å². The molecule has 0 amide bonds. The van der Waals surface area contributed by atoms with Crippen molar-refractivity contribution >= 4 is 0 Å². The van der Waals surface area contributed by atoms with Crippen molar-refractivity contribution in [3.8, 4) is 6.07 Å². The lowest BCUT2D eigenvalue weighted by molar-refractivity contribution is 0.538. The summed E-state index contributed by atoms with van der Waals surface area (Å²) in [5, 5.41) is 14.8. The van der Waals surface area contributed by atoms with Gasteiger partial charge in [0.05, 0.1) is 12.0 Å². The van der Waals surface area contributed by atoms with Crippen LogP contribution in [0.4, 0.5) is 0 Å². The van der Waals surface area contributed by atoms with Crippen LogP contribution in [0.3, 0.4) is 0 Å². The number of nitriles is 1. The number of rotatable bonds is 1. The number of likely N-dealkylation sites (N-methyl/N-ethyl adjacent to an activating group) is 1. The van der Waals surface area contributed by atoms with E-state index in [2.05, 4.69) is 16.7 Å². The van der Waals surface area contributed by atoms with Gasteiger partial charge in [-0.2, -0.15) is 5.26 Å². The fraction of sp³-hybridized carbons (Fsp3) is 0.875. The molecule has 0 spiro atoms. The van der Waals surface area contributed by atoms with Crippen molar-refractivity contribution in [3.05, 3.63) is 0 Å². The monoisotopic (exact) mass is 155 g/mol. The van der Waals surface area contributed by atoms with Crippen molar-refractivity contribution in [2.45, 2.75) is 19.9 Å². The largest absolute Gasteiger partial charge is 0.314 e. The fourth-order valence-corrected chi connectivity index (χ4v) is 1.12. The summed E-state index contributed by atoms with van der Waals surface area (Å²) in [5.41, 5.74) is 0. The molecule has 1 heterocycles. The summed E-state index contributed by atoms with van der Waals surface area (Å²) in [4.78, 5) is 0. The van der Waals surface area contributed by atoms with Crippen LogP contribution in [-0.4, -0.2) is 26.2 Å². The first-order valence-corrected chi connectivity index (χ1v) is 4.16. The highest BCUT2D eigenvalue weighted by atomic mass is 15.0. The first-order chi connectivity index (χ1) is 5.38. The van der Waals surface area contributed by atoms with Gasteiger partial charge in [0.15, 0.2) is 0 Å². The maximum atomic E-state index is 8.54. The van der Waals surface area contributed by atoms with Crippen LogP contribution in [-0.2, 0) is 0 Å². The summed E-state index contributed by atoms with van der Waals surface area (Å²) < 4.78 is 0. The van der Waals surface area contributed by atoms with Gasteiger partial charge in [0.2, 0.25) is 0 Å². The lowest BCUT2D eigenvalue weighted by Gasteiger charge is -2.08. The van der Waals surface area contributed by atoms with Gasteiger partial charge in [0, 0.05) is 19.1 Å². The van der Waals surface area contributed by atoms with Crippen LogP contribution in [0.1, 0.15) is 13.8 Å². The third kappa shape index (κ3) is 2.87. The molecule has 0 saturated carbocycles. The molecule has 0 bridgehead atoms. The Balaban J connectivity index is 0.000000461. The van der Waals surface area contributed by atoms with E-state index in [1.54, 1.807) is 0 Å². The van der Waals surface area contributed by atoms with Crippen LogP contribution in [0.25, 0.3) is 0 Å². The normalized spacial score (nSPS) is 28.5. The second-order valence-corrected chi connectivity index (χ2v) is 2.29. The first kappa shape index (κ1) is 10.4. The lowest BCUT2D eigenvalue weighted by atomic mass is 10.1. The first-order valence-electron chi connectivity index (χ1n) is 4.16. The Kier molecular flexibility index (Phi) is 5.81. The molecular weight excluding hydrogens is 138 g/mol. The van der Waals surface area contributed by atoms with Crippen LogP contribution in [0.2, 0.25) is 0 Å². The summed E-state index contributed by atoms with van der Waals surface area (Å²) in [6.45, 7) is 5.76. The Morgan fingerprint density at radius 3 is 2.45 bits per heavy atom. The van der Waals surface area contributed by atoms with Gasteiger partial charge in [-0.25, -0.2) is 0 Å². The molecule has 0 aliphatic carbocycles. The lowest BCUT2D eigenvalue weighted by Crippen LogP contribution is -2.32. The van der Waals surface area contributed by atoms with Gasteiger partial charge in [-0.15, -0.1) is 0 Å². The topological polar surface area (TPSA) is 47.8 Å². The van der Waals surface area contributed by atoms with E-state index in [1.807, 2.05) is 20.9 Å². The van der Waals surface area contributed by atoms with Crippen molar-refractivity contribution in [2.75, 3.05) is 20.1 Å². The molecule has 1 saturated heterocycles. The van der Waals surface area contributed by atoms with E-state index in [0.29, 0.717) is 6.04 Å². The molecule has 11 heavy (non-hydrogen) atoms. The van der Waals surface area contributed by atoms with Crippen molar-refractivity contribution in [2.24, 2.45) is 5.92 Å². The molecule has 2 N–H and O–H groups in total. The summed E-state index contributed by atoms with van der Waals surface area (Å²) in [7, 11) is 1.89. The summed E-state index contributed by atoms with van der Waals surface area (Å²) >= 11 is 0. The van der Waals surface area contributed by atoms with E-state index in [1.165, 1.54) is 0 Å². The summed E-state index contributed by atoms with van der Waals surface area (Å²) in [5.74, 6) is 0.162. The molecule has 64 valence electrons. The molecule has 2 atom stereocenters. The molecule has 0 aromatic rings. The smallest absolute Gasteiger partial charge is 0.0753 e. The maximum absolute atomic E-state index is 8.54. The number of nitrogens with zero attached hydrogens (tertiary/aromatic N) is 1. The van der Waals surface area contributed by atoms with E-state index in [9.17, 15) is 0 Å². The Labute approximate surface area is 68.8 Å². The zero-order chi connectivity index (χ0) is 8.69. The van der Waals surface area contributed by atoms with Crippen LogP contribution >= 0.6 is 0 Å². The predicted molar refractivity (Wildman–Crippen MR) is 46.2 cm³/mol. The molecule has 3 nitrogen and oxygen atoms in total. The predicted octanol–water partition coefficient (Wildman–Crippen LogP) is 0.344. The number of hydrogen-bond donors (Lipinski definition) is 2. The average molecular weight is 155 g/mol. The summed E-state index contributed by atoms with van der Waals surface area (Å²) in [6, 6.07) is 2.60. The second kappa shape index (κ2) is 6.14. The maximum Gasteiger partial charge on any atom is 0.0753 e. The Morgan fingerprint density at radius 1 is 1.45 bits per heavy atom. The molecule has 3 heteroatoms. The highest BCUT2D eigenvalue weighted by Gasteiger charge is 2.24. The Hall–Kier alpha value is -0.590. The van der Waals surface area contributed by atoms with Gasteiger partial charge < -0.3 is 10.6 Å². The van der Waals surface area contributed by atoms with Crippen LogP contribution in [0.15, 0.2) is 0 Å². The zero-order valence-electron chi connectivity index (χ0n) is 7.52. The van der Waals surface area contributed by atoms with Crippen LogP contribution in [0.5, 0.6) is 0 Å². The van der Waals surface area contributed by atoms with Gasteiger partial charge in [-0.1, -0.05) is 13.8 Å². The molecule has 0 radical (unpaired) electrons. The average Bonchev–Trinajstić information content (AvgIpc) is 2.54. The quantitative estimate of drug-likeness (QED) is 0.574. The minimum atomic E-state index is 0.162. The van der Waals surface area contributed by atoms with Gasteiger partial charge in [0.25, 0.3) is 0 Å². The SMILES string of the molecule is CC.CNC1CNCC1C#N. The third-order valence-electron chi connectivity index (χ3n) is 1.75. The minimum absolute atomic E-state index is 0.162. The van der Waals surface area contributed by atoms with E-state index in [-0.39, 0.29) is 5.92 Å². The Morgan fingerprint density at radius 2 is 2.09 bits per heavy atom. The van der Waals surface area contributed by atoms with Gasteiger partial charge in [-0.3, -0.25) is 0 Å². The molecule has 0 aromatic carbocycles. The van der Waals surface area contributed by atoms with Gasteiger partial charge in [0.1, 0.15) is 0 Å². The number of nitrogens with one attached hydrogen (secondary N) is 2. The molecule has 0 aromatic heterocycles. The fourth-order valence-electron chi connectivity index (χ4n) is 1.12. The van der Waals surface area contributed by atoms with E-state index in [0.717, 1.165) is 13.1 Å². The van der Waals surface area contributed by atoms with E-state index >= 15 is 0 Å². The molecule has 2 unspecified atom stereocenters.